The molecule has 3 nitrogen and oxygen atoms in total. The van der Waals surface area contributed by atoms with Crippen molar-refractivity contribution in [1.82, 2.24) is 4.57 Å². The van der Waals surface area contributed by atoms with Crippen LogP contribution in [0.5, 0.6) is 0 Å². The standard InChI is InChI=1S/C24H15N.C21H17N2.Na/c1-2-9-18(10-3-1)19-11-8-12-20(17-19)25-23-15-6-4-13-21(23)22-14-5-7-16-24(22)25;22-14-13-21(23)20-8-4-7-19(15-20)18-11-9-17(10-12-18)16-5-2-1-3-6-16;/h1-9,12-17H;1-15,22-23H;/q-2;-1;+1/b;14-13-,23-21?;. The molecule has 0 aliphatic heterocycles. The van der Waals surface area contributed by atoms with E-state index in [-0.39, 0.29) is 29.6 Å². The maximum atomic E-state index is 7.93. The fraction of sp³-hybridized carbons (Fsp3) is 0. The first kappa shape index (κ1) is 33.5. The van der Waals surface area contributed by atoms with Gasteiger partial charge in [-0.3, -0.25) is 0 Å². The van der Waals surface area contributed by atoms with Gasteiger partial charge in [0.25, 0.3) is 0 Å². The quantitative estimate of drug-likeness (QED) is 0.108. The molecule has 1 heterocycles. The van der Waals surface area contributed by atoms with Gasteiger partial charge in [-0.1, -0.05) is 115 Å². The van der Waals surface area contributed by atoms with Gasteiger partial charge >= 0.3 is 29.6 Å². The van der Waals surface area contributed by atoms with E-state index in [2.05, 4.69) is 120 Å². The molecule has 7 aromatic carbocycles. The zero-order valence-corrected chi connectivity index (χ0v) is 29.3. The molecule has 230 valence electrons. The first-order valence-corrected chi connectivity index (χ1v) is 15.9. The molecule has 4 heteroatoms. The van der Waals surface area contributed by atoms with Crippen molar-refractivity contribution in [3.63, 3.8) is 0 Å². The van der Waals surface area contributed by atoms with E-state index in [9.17, 15) is 0 Å². The van der Waals surface area contributed by atoms with Crippen molar-refractivity contribution in [2.24, 2.45) is 0 Å². The minimum Gasteiger partial charge on any atom is -0.705 e. The topological polar surface area (TPSA) is 52.6 Å². The molecule has 0 amide bonds. The number of fused-ring (bicyclic) bond motifs is 3. The largest absolute Gasteiger partial charge is 1.00 e. The summed E-state index contributed by atoms with van der Waals surface area (Å²) in [6, 6.07) is 64.7. The average Bonchev–Trinajstić information content (AvgIpc) is 3.51. The Morgan fingerprint density at radius 1 is 0.531 bits per heavy atom. The van der Waals surface area contributed by atoms with Crippen molar-refractivity contribution in [1.29, 1.82) is 5.41 Å². The Morgan fingerprint density at radius 2 is 1.10 bits per heavy atom. The van der Waals surface area contributed by atoms with Gasteiger partial charge in [0.05, 0.1) is 16.7 Å². The van der Waals surface area contributed by atoms with Crippen LogP contribution in [0.15, 0.2) is 182 Å². The molecular formula is C45H32N3Na-2. The van der Waals surface area contributed by atoms with Gasteiger partial charge in [-0.15, -0.1) is 12.1 Å². The minimum atomic E-state index is 0. The normalized spacial score (nSPS) is 10.8. The van der Waals surface area contributed by atoms with E-state index in [0.29, 0.717) is 5.71 Å². The molecule has 1 aromatic heterocycles. The summed E-state index contributed by atoms with van der Waals surface area (Å²) in [7, 11) is 0. The van der Waals surface area contributed by atoms with Gasteiger partial charge in [0, 0.05) is 10.8 Å². The number of hydrogen-bond donors (Lipinski definition) is 1. The van der Waals surface area contributed by atoms with Crippen LogP contribution in [-0.2, 0) is 0 Å². The van der Waals surface area contributed by atoms with E-state index in [1.54, 1.807) is 0 Å². The maximum absolute atomic E-state index is 7.93. The fourth-order valence-corrected chi connectivity index (χ4v) is 6.04. The Kier molecular flexibility index (Phi) is 10.7. The van der Waals surface area contributed by atoms with E-state index in [4.69, 9.17) is 11.1 Å². The van der Waals surface area contributed by atoms with Crippen molar-refractivity contribution in [2.75, 3.05) is 0 Å². The molecule has 0 fully saturated rings. The summed E-state index contributed by atoms with van der Waals surface area (Å²) in [5.74, 6) is 0. The zero-order chi connectivity index (χ0) is 32.7. The third kappa shape index (κ3) is 7.35. The number of rotatable bonds is 6. The molecule has 49 heavy (non-hydrogen) atoms. The predicted molar refractivity (Wildman–Crippen MR) is 201 cm³/mol. The van der Waals surface area contributed by atoms with Crippen LogP contribution in [0.25, 0.3) is 66.6 Å². The molecule has 8 aromatic rings. The molecule has 0 unspecified atom stereocenters. The number of nitrogens with one attached hydrogen (secondary N) is 2. The molecule has 2 N–H and O–H groups in total. The van der Waals surface area contributed by atoms with Crippen LogP contribution < -0.4 is 29.6 Å². The smallest absolute Gasteiger partial charge is 0.705 e. The maximum Gasteiger partial charge on any atom is 1.00 e. The zero-order valence-electron chi connectivity index (χ0n) is 27.3. The molecule has 0 spiro atoms. The van der Waals surface area contributed by atoms with Gasteiger partial charge < -0.3 is 15.7 Å². The molecule has 0 saturated heterocycles. The second-order valence-electron chi connectivity index (χ2n) is 11.4. The number of hydrogen-bond acceptors (Lipinski definition) is 1. The predicted octanol–water partition coefficient (Wildman–Crippen LogP) is 9.01. The Balaban J connectivity index is 0.000000167. The summed E-state index contributed by atoms with van der Waals surface area (Å²) in [5.41, 5.74) is 18.5. The van der Waals surface area contributed by atoms with E-state index in [0.717, 1.165) is 39.7 Å². The van der Waals surface area contributed by atoms with Gasteiger partial charge in [0.2, 0.25) is 0 Å². The molecule has 0 aliphatic rings. The molecular weight excluding hydrogens is 606 g/mol. The second-order valence-corrected chi connectivity index (χ2v) is 11.4. The summed E-state index contributed by atoms with van der Waals surface area (Å²) >= 11 is 0. The van der Waals surface area contributed by atoms with Crippen molar-refractivity contribution >= 4 is 27.5 Å². The van der Waals surface area contributed by atoms with Crippen molar-refractivity contribution in [3.8, 4) is 39.1 Å². The molecule has 8 rings (SSSR count). The van der Waals surface area contributed by atoms with Crippen LogP contribution in [0, 0.1) is 17.5 Å². The van der Waals surface area contributed by atoms with Crippen LogP contribution in [0.2, 0.25) is 0 Å². The second kappa shape index (κ2) is 15.6. The number of benzene rings is 7. The monoisotopic (exact) mass is 637 g/mol. The SMILES string of the molecule is N=C(/C=C\[NH-])c1cccc(-c2ccc(-c3ccccc3)cc2)c1.[Na+].[c-]1ccccc1-c1[c-]ccc(-n2c3ccccc3c3ccccc32)c1. The van der Waals surface area contributed by atoms with Crippen molar-refractivity contribution in [2.45, 2.75) is 0 Å². The summed E-state index contributed by atoms with van der Waals surface area (Å²) in [6.07, 6.45) is 2.63. The summed E-state index contributed by atoms with van der Waals surface area (Å²) in [5, 5.41) is 10.5. The van der Waals surface area contributed by atoms with E-state index >= 15 is 0 Å². The van der Waals surface area contributed by atoms with Gasteiger partial charge in [0.15, 0.2) is 0 Å². The van der Waals surface area contributed by atoms with Crippen molar-refractivity contribution in [3.05, 3.63) is 206 Å². The van der Waals surface area contributed by atoms with Crippen LogP contribution in [0.3, 0.4) is 0 Å². The Morgan fingerprint density at radius 3 is 1.76 bits per heavy atom. The number of allylic oxidation sites excluding steroid dienone is 1. The first-order valence-electron chi connectivity index (χ1n) is 15.9. The van der Waals surface area contributed by atoms with Gasteiger partial charge in [-0.25, -0.2) is 11.1 Å². The van der Waals surface area contributed by atoms with Gasteiger partial charge in [-0.2, -0.15) is 48.7 Å². The van der Waals surface area contributed by atoms with Gasteiger partial charge in [-0.05, 0) is 51.7 Å². The summed E-state index contributed by atoms with van der Waals surface area (Å²) < 4.78 is 2.32. The Hall–Kier alpha value is -5.45. The molecule has 0 bridgehead atoms. The number of para-hydroxylation sites is 2. The Bertz CT molecular complexity index is 2300. The third-order valence-electron chi connectivity index (χ3n) is 8.37. The number of aromatic nitrogens is 1. The van der Waals surface area contributed by atoms with Crippen LogP contribution in [-0.4, -0.2) is 10.3 Å². The van der Waals surface area contributed by atoms with E-state index in [1.807, 2.05) is 66.7 Å². The van der Waals surface area contributed by atoms with Crippen LogP contribution in [0.4, 0.5) is 0 Å². The van der Waals surface area contributed by atoms with E-state index in [1.165, 1.54) is 39.0 Å². The molecule has 0 atom stereocenters. The molecule has 0 radical (unpaired) electrons. The molecule has 0 aliphatic carbocycles. The van der Waals surface area contributed by atoms with Crippen molar-refractivity contribution < 1.29 is 29.6 Å². The number of nitrogens with zero attached hydrogens (tertiary/aromatic N) is 1. The first-order chi connectivity index (χ1) is 23.7. The summed E-state index contributed by atoms with van der Waals surface area (Å²) in [6.45, 7) is 0. The fourth-order valence-electron chi connectivity index (χ4n) is 6.04. The Labute approximate surface area is 309 Å². The van der Waals surface area contributed by atoms with E-state index < -0.39 is 0 Å². The minimum absolute atomic E-state index is 0. The molecule has 0 saturated carbocycles. The van der Waals surface area contributed by atoms with Crippen LogP contribution in [0.1, 0.15) is 5.56 Å². The average molecular weight is 638 g/mol. The summed E-state index contributed by atoms with van der Waals surface area (Å²) in [4.78, 5) is 0. The van der Waals surface area contributed by atoms with Gasteiger partial charge in [0.1, 0.15) is 0 Å². The van der Waals surface area contributed by atoms with Crippen LogP contribution >= 0.6 is 0 Å². The third-order valence-corrected chi connectivity index (χ3v) is 8.37.